The van der Waals surface area contributed by atoms with Gasteiger partial charge in [-0.25, -0.2) is 4.98 Å². The van der Waals surface area contributed by atoms with Crippen molar-refractivity contribution in [1.82, 2.24) is 9.88 Å². The summed E-state index contributed by atoms with van der Waals surface area (Å²) >= 11 is 6.17. The van der Waals surface area contributed by atoms with Gasteiger partial charge in [-0.05, 0) is 41.0 Å². The van der Waals surface area contributed by atoms with Crippen LogP contribution < -0.4 is 0 Å². The number of amides is 1. The average Bonchev–Trinajstić information content (AvgIpc) is 2.77. The first kappa shape index (κ1) is 25.5. The lowest BCUT2D eigenvalue weighted by atomic mass is 10.00. The molecule has 0 aliphatic carbocycles. The highest BCUT2D eigenvalue weighted by atomic mass is 35.5. The number of nitrogens with zero attached hydrogens (tertiary/aromatic N) is 2. The molecule has 1 heterocycles. The molecule has 3 rings (SSSR count). The van der Waals surface area contributed by atoms with E-state index in [2.05, 4.69) is 4.98 Å². The van der Waals surface area contributed by atoms with Crippen LogP contribution in [0.2, 0.25) is 5.15 Å². The van der Waals surface area contributed by atoms with E-state index in [1.807, 2.05) is 0 Å². The van der Waals surface area contributed by atoms with Crippen LogP contribution in [0.4, 0.5) is 26.3 Å². The minimum atomic E-state index is -5.03. The Labute approximate surface area is 195 Å². The summed E-state index contributed by atoms with van der Waals surface area (Å²) in [5, 5.41) is 9.23. The Hall–Kier alpha value is -3.11. The van der Waals surface area contributed by atoms with Crippen LogP contribution in [0, 0.1) is 0 Å². The highest BCUT2D eigenvalue weighted by Gasteiger charge is 2.37. The normalized spacial score (nSPS) is 12.0. The summed E-state index contributed by atoms with van der Waals surface area (Å²) in [7, 11) is 0. The number of aliphatic hydroxyl groups is 1. The zero-order chi connectivity index (χ0) is 25.1. The number of carbonyl (C=O) groups is 1. The fourth-order valence-electron chi connectivity index (χ4n) is 3.36. The van der Waals surface area contributed by atoms with E-state index in [1.165, 1.54) is 12.3 Å². The summed E-state index contributed by atoms with van der Waals surface area (Å²) in [5.41, 5.74) is -2.54. The van der Waals surface area contributed by atoms with Crippen LogP contribution in [0.1, 0.15) is 27.0 Å². The van der Waals surface area contributed by atoms with Crippen molar-refractivity contribution in [1.29, 1.82) is 0 Å². The van der Waals surface area contributed by atoms with Gasteiger partial charge in [-0.3, -0.25) is 4.79 Å². The van der Waals surface area contributed by atoms with E-state index in [-0.39, 0.29) is 23.3 Å². The highest BCUT2D eigenvalue weighted by Crippen LogP contribution is 2.37. The summed E-state index contributed by atoms with van der Waals surface area (Å²) in [4.78, 5) is 18.2. The van der Waals surface area contributed by atoms with Gasteiger partial charge < -0.3 is 10.0 Å². The summed E-state index contributed by atoms with van der Waals surface area (Å²) in [6.45, 7) is -1.59. The zero-order valence-electron chi connectivity index (χ0n) is 17.3. The Morgan fingerprint density at radius 2 is 1.53 bits per heavy atom. The van der Waals surface area contributed by atoms with Crippen LogP contribution >= 0.6 is 11.6 Å². The van der Waals surface area contributed by atoms with Crippen molar-refractivity contribution in [2.24, 2.45) is 0 Å². The number of hydrogen-bond acceptors (Lipinski definition) is 3. The van der Waals surface area contributed by atoms with Crippen LogP contribution in [0.25, 0.3) is 11.1 Å². The van der Waals surface area contributed by atoms with E-state index in [1.54, 1.807) is 30.3 Å². The molecule has 0 aliphatic rings. The van der Waals surface area contributed by atoms with E-state index < -0.39 is 48.1 Å². The third-order valence-corrected chi connectivity index (χ3v) is 5.17. The molecule has 0 saturated heterocycles. The van der Waals surface area contributed by atoms with Gasteiger partial charge in [-0.15, -0.1) is 0 Å². The quantitative estimate of drug-likeness (QED) is 0.328. The van der Waals surface area contributed by atoms with Crippen LogP contribution in [-0.2, 0) is 18.9 Å². The summed E-state index contributed by atoms with van der Waals surface area (Å²) in [5.74, 6) is -0.808. The van der Waals surface area contributed by atoms with Crippen LogP contribution in [0.3, 0.4) is 0 Å². The maximum absolute atomic E-state index is 13.4. The molecule has 34 heavy (non-hydrogen) atoms. The molecule has 0 radical (unpaired) electrons. The third-order valence-electron chi connectivity index (χ3n) is 4.88. The van der Waals surface area contributed by atoms with Crippen molar-refractivity contribution < 1.29 is 36.2 Å². The summed E-state index contributed by atoms with van der Waals surface area (Å²) in [6, 6.07) is 11.2. The Balaban J connectivity index is 2.06. The maximum Gasteiger partial charge on any atom is 0.416 e. The number of aliphatic hydroxyl groups excluding tert-OH is 1. The lowest BCUT2D eigenvalue weighted by Gasteiger charge is -2.24. The van der Waals surface area contributed by atoms with Crippen molar-refractivity contribution >= 4 is 17.5 Å². The second kappa shape index (κ2) is 10.0. The van der Waals surface area contributed by atoms with Gasteiger partial charge >= 0.3 is 12.4 Å². The molecule has 0 atom stereocenters. The topological polar surface area (TPSA) is 53.4 Å². The first-order valence-corrected chi connectivity index (χ1v) is 10.2. The van der Waals surface area contributed by atoms with E-state index in [0.717, 1.165) is 4.90 Å². The molecular formula is C23H17ClF6N2O2. The number of halogens is 7. The second-order valence-electron chi connectivity index (χ2n) is 7.25. The van der Waals surface area contributed by atoms with Gasteiger partial charge in [-0.1, -0.05) is 41.9 Å². The minimum Gasteiger partial charge on any atom is -0.395 e. The number of benzene rings is 2. The van der Waals surface area contributed by atoms with Gasteiger partial charge in [-0.2, -0.15) is 26.3 Å². The van der Waals surface area contributed by atoms with Crippen molar-refractivity contribution in [3.05, 3.63) is 88.2 Å². The largest absolute Gasteiger partial charge is 0.416 e. The van der Waals surface area contributed by atoms with Crippen molar-refractivity contribution in [3.8, 4) is 11.1 Å². The molecule has 3 aromatic rings. The molecular weight excluding hydrogens is 486 g/mol. The van der Waals surface area contributed by atoms with Crippen LogP contribution in [0.15, 0.2) is 60.8 Å². The molecule has 0 fully saturated rings. The average molecular weight is 503 g/mol. The molecule has 0 saturated carbocycles. The molecule has 0 spiro atoms. The minimum absolute atomic E-state index is 0.00714. The maximum atomic E-state index is 13.4. The van der Waals surface area contributed by atoms with Crippen molar-refractivity contribution in [2.45, 2.75) is 18.9 Å². The Kier molecular flexibility index (Phi) is 7.52. The first-order valence-electron chi connectivity index (χ1n) is 9.80. The molecule has 0 bridgehead atoms. The van der Waals surface area contributed by atoms with Crippen molar-refractivity contribution in [2.75, 3.05) is 13.2 Å². The van der Waals surface area contributed by atoms with Crippen LogP contribution in [0.5, 0.6) is 0 Å². The fraction of sp³-hybridized carbons (Fsp3) is 0.217. The van der Waals surface area contributed by atoms with E-state index in [0.29, 0.717) is 23.3 Å². The number of rotatable bonds is 6. The van der Waals surface area contributed by atoms with E-state index in [9.17, 15) is 36.2 Å². The number of hydrogen-bond donors (Lipinski definition) is 1. The molecule has 0 aliphatic heterocycles. The van der Waals surface area contributed by atoms with Gasteiger partial charge in [0.05, 0.1) is 23.3 Å². The highest BCUT2D eigenvalue weighted by molar-refractivity contribution is 6.33. The fourth-order valence-corrected chi connectivity index (χ4v) is 3.60. The predicted molar refractivity (Wildman–Crippen MR) is 113 cm³/mol. The lowest BCUT2D eigenvalue weighted by molar-refractivity contribution is -0.143. The summed E-state index contributed by atoms with van der Waals surface area (Å²) < 4.78 is 79.4. The Bertz CT molecular complexity index is 1130. The SMILES string of the molecule is O=C(c1c(-c2ccccc2)ccnc1Cl)N(CCO)Cc1cc(C(F)(F)F)cc(C(F)(F)F)c1. The Morgan fingerprint density at radius 3 is 2.06 bits per heavy atom. The number of alkyl halides is 6. The van der Waals surface area contributed by atoms with Crippen molar-refractivity contribution in [3.63, 3.8) is 0 Å². The standard InChI is InChI=1S/C23H17ClF6N2O2/c24-20-19(18(6-7-31-20)15-4-2-1-3-5-15)21(34)32(8-9-33)13-14-10-16(22(25,26)27)12-17(11-14)23(28,29)30/h1-7,10-12,33H,8-9,13H2. The van der Waals surface area contributed by atoms with Gasteiger partial charge in [0.2, 0.25) is 0 Å². The second-order valence-corrected chi connectivity index (χ2v) is 7.61. The summed E-state index contributed by atoms with van der Waals surface area (Å²) in [6.07, 6.45) is -8.70. The molecule has 1 aromatic heterocycles. The van der Waals surface area contributed by atoms with Gasteiger partial charge in [0, 0.05) is 19.3 Å². The number of pyridine rings is 1. The molecule has 11 heteroatoms. The molecule has 180 valence electrons. The van der Waals surface area contributed by atoms with Crippen LogP contribution in [-0.4, -0.2) is 34.0 Å². The van der Waals surface area contributed by atoms with Gasteiger partial charge in [0.25, 0.3) is 5.91 Å². The van der Waals surface area contributed by atoms with Gasteiger partial charge in [0.15, 0.2) is 0 Å². The lowest BCUT2D eigenvalue weighted by Crippen LogP contribution is -2.34. The van der Waals surface area contributed by atoms with E-state index in [4.69, 9.17) is 11.6 Å². The monoisotopic (exact) mass is 502 g/mol. The van der Waals surface area contributed by atoms with E-state index >= 15 is 0 Å². The third kappa shape index (κ3) is 5.87. The molecule has 4 nitrogen and oxygen atoms in total. The molecule has 2 aromatic carbocycles. The molecule has 1 N–H and O–H groups in total. The zero-order valence-corrected chi connectivity index (χ0v) is 18.0. The Morgan fingerprint density at radius 1 is 0.941 bits per heavy atom. The molecule has 0 unspecified atom stereocenters. The number of aromatic nitrogens is 1. The smallest absolute Gasteiger partial charge is 0.395 e. The predicted octanol–water partition coefficient (Wildman–Crippen LogP) is 6.07. The first-order chi connectivity index (χ1) is 15.9. The molecule has 1 amide bonds. The van der Waals surface area contributed by atoms with Gasteiger partial charge in [0.1, 0.15) is 5.15 Å². The number of carbonyl (C=O) groups excluding carboxylic acids is 1.